The van der Waals surface area contributed by atoms with Gasteiger partial charge >= 0.3 is 0 Å². The minimum absolute atomic E-state index is 0.199. The van der Waals surface area contributed by atoms with Gasteiger partial charge in [-0.3, -0.25) is 4.79 Å². The lowest BCUT2D eigenvalue weighted by molar-refractivity contribution is -0.116. The van der Waals surface area contributed by atoms with Crippen LogP contribution in [0.25, 0.3) is 0 Å². The summed E-state index contributed by atoms with van der Waals surface area (Å²) in [5, 5.41) is 3.27. The van der Waals surface area contributed by atoms with Crippen molar-refractivity contribution in [2.45, 2.75) is 32.1 Å². The van der Waals surface area contributed by atoms with Crippen molar-refractivity contribution in [1.29, 1.82) is 0 Å². The van der Waals surface area contributed by atoms with Crippen LogP contribution in [0.3, 0.4) is 0 Å². The molecule has 1 atom stereocenters. The molecule has 82 valence electrons. The molecule has 0 saturated carbocycles. The standard InChI is InChI=1S/C11H15NOS2/c1-8(13)5-10-7-15-11(12-10)9-3-2-4-14-6-9/h7,9H,2-6H2,1H3. The van der Waals surface area contributed by atoms with Crippen LogP contribution in [0.5, 0.6) is 0 Å². The average Bonchev–Trinajstić information content (AvgIpc) is 2.67. The smallest absolute Gasteiger partial charge is 0.135 e. The Labute approximate surface area is 98.5 Å². The van der Waals surface area contributed by atoms with E-state index < -0.39 is 0 Å². The number of thiazole rings is 1. The minimum atomic E-state index is 0.199. The van der Waals surface area contributed by atoms with Crippen LogP contribution < -0.4 is 0 Å². The largest absolute Gasteiger partial charge is 0.300 e. The second-order valence-corrected chi connectivity index (χ2v) is 6.01. The number of thioether (sulfide) groups is 1. The van der Waals surface area contributed by atoms with Crippen LogP contribution in [0.2, 0.25) is 0 Å². The van der Waals surface area contributed by atoms with Gasteiger partial charge in [0.2, 0.25) is 0 Å². The predicted octanol–water partition coefficient (Wildman–Crippen LogP) is 2.89. The summed E-state index contributed by atoms with van der Waals surface area (Å²) in [7, 11) is 0. The van der Waals surface area contributed by atoms with E-state index in [1.165, 1.54) is 29.4 Å². The maximum atomic E-state index is 11.0. The normalized spacial score (nSPS) is 21.5. The van der Waals surface area contributed by atoms with Gasteiger partial charge in [-0.15, -0.1) is 11.3 Å². The first-order chi connectivity index (χ1) is 7.25. The monoisotopic (exact) mass is 241 g/mol. The number of hydrogen-bond donors (Lipinski definition) is 0. The molecular formula is C11H15NOS2. The number of rotatable bonds is 3. The van der Waals surface area contributed by atoms with E-state index in [1.807, 2.05) is 17.1 Å². The van der Waals surface area contributed by atoms with Gasteiger partial charge in [0, 0.05) is 23.5 Å². The molecule has 1 unspecified atom stereocenters. The Hall–Kier alpha value is -0.350. The summed E-state index contributed by atoms with van der Waals surface area (Å²) in [5.41, 5.74) is 0.957. The molecule has 4 heteroatoms. The number of carbonyl (C=O) groups excluding carboxylic acids is 1. The maximum Gasteiger partial charge on any atom is 0.135 e. The Morgan fingerprint density at radius 2 is 2.53 bits per heavy atom. The number of nitrogens with zero attached hydrogens (tertiary/aromatic N) is 1. The highest BCUT2D eigenvalue weighted by Gasteiger charge is 2.19. The molecule has 0 spiro atoms. The van der Waals surface area contributed by atoms with Gasteiger partial charge in [0.15, 0.2) is 0 Å². The van der Waals surface area contributed by atoms with Crippen LogP contribution in [-0.2, 0) is 11.2 Å². The van der Waals surface area contributed by atoms with E-state index in [1.54, 1.807) is 18.3 Å². The molecule has 1 aromatic heterocycles. The first kappa shape index (κ1) is 11.1. The quantitative estimate of drug-likeness (QED) is 0.815. The average molecular weight is 241 g/mol. The van der Waals surface area contributed by atoms with Gasteiger partial charge in [-0.2, -0.15) is 11.8 Å². The number of Topliss-reactive ketones (excluding diaryl/α,β-unsaturated/α-hetero) is 1. The Kier molecular flexibility index (Phi) is 3.81. The topological polar surface area (TPSA) is 30.0 Å². The van der Waals surface area contributed by atoms with E-state index in [0.29, 0.717) is 12.3 Å². The van der Waals surface area contributed by atoms with E-state index in [-0.39, 0.29) is 5.78 Å². The van der Waals surface area contributed by atoms with Crippen LogP contribution >= 0.6 is 23.1 Å². The first-order valence-electron chi connectivity index (χ1n) is 5.27. The Balaban J connectivity index is 2.02. The van der Waals surface area contributed by atoms with Gasteiger partial charge in [-0.1, -0.05) is 0 Å². The van der Waals surface area contributed by atoms with Crippen LogP contribution in [0.1, 0.15) is 36.4 Å². The zero-order chi connectivity index (χ0) is 10.7. The minimum Gasteiger partial charge on any atom is -0.300 e. The van der Waals surface area contributed by atoms with Gasteiger partial charge in [0.1, 0.15) is 5.78 Å². The van der Waals surface area contributed by atoms with Crippen molar-refractivity contribution in [1.82, 2.24) is 4.98 Å². The summed E-state index contributed by atoms with van der Waals surface area (Å²) in [6, 6.07) is 0. The maximum absolute atomic E-state index is 11.0. The van der Waals surface area contributed by atoms with Gasteiger partial charge in [0.25, 0.3) is 0 Å². The molecule has 0 radical (unpaired) electrons. The highest BCUT2D eigenvalue weighted by atomic mass is 32.2. The second kappa shape index (κ2) is 5.12. The van der Waals surface area contributed by atoms with Crippen LogP contribution in [0, 0.1) is 0 Å². The summed E-state index contributed by atoms with van der Waals surface area (Å²) in [5.74, 6) is 3.33. The Morgan fingerprint density at radius 1 is 1.67 bits per heavy atom. The van der Waals surface area contributed by atoms with E-state index in [2.05, 4.69) is 4.98 Å². The molecule has 1 aliphatic rings. The van der Waals surface area contributed by atoms with Gasteiger partial charge < -0.3 is 0 Å². The second-order valence-electron chi connectivity index (χ2n) is 3.97. The van der Waals surface area contributed by atoms with Crippen molar-refractivity contribution < 1.29 is 4.79 Å². The van der Waals surface area contributed by atoms with Crippen LogP contribution in [-0.4, -0.2) is 22.3 Å². The van der Waals surface area contributed by atoms with Crippen molar-refractivity contribution in [2.75, 3.05) is 11.5 Å². The molecule has 2 heterocycles. The van der Waals surface area contributed by atoms with E-state index in [0.717, 1.165) is 5.69 Å². The van der Waals surface area contributed by atoms with Gasteiger partial charge in [0.05, 0.1) is 10.7 Å². The van der Waals surface area contributed by atoms with Gasteiger partial charge in [-0.25, -0.2) is 4.98 Å². The molecule has 1 saturated heterocycles. The number of aromatic nitrogens is 1. The highest BCUT2D eigenvalue weighted by molar-refractivity contribution is 7.99. The lowest BCUT2D eigenvalue weighted by Gasteiger charge is -2.18. The lowest BCUT2D eigenvalue weighted by atomic mass is 10.1. The molecule has 1 fully saturated rings. The molecule has 1 aromatic rings. The fraction of sp³-hybridized carbons (Fsp3) is 0.636. The zero-order valence-electron chi connectivity index (χ0n) is 8.86. The Morgan fingerprint density at radius 3 is 3.20 bits per heavy atom. The fourth-order valence-corrected chi connectivity index (χ4v) is 3.99. The third-order valence-electron chi connectivity index (χ3n) is 2.51. The summed E-state index contributed by atoms with van der Waals surface area (Å²) in [6.45, 7) is 1.62. The van der Waals surface area contributed by atoms with Crippen molar-refractivity contribution in [3.05, 3.63) is 16.1 Å². The van der Waals surface area contributed by atoms with Crippen molar-refractivity contribution in [2.24, 2.45) is 0 Å². The van der Waals surface area contributed by atoms with Crippen molar-refractivity contribution in [3.63, 3.8) is 0 Å². The predicted molar refractivity (Wildman–Crippen MR) is 65.8 cm³/mol. The van der Waals surface area contributed by atoms with Crippen LogP contribution in [0.4, 0.5) is 0 Å². The lowest BCUT2D eigenvalue weighted by Crippen LogP contribution is -2.08. The molecule has 0 aromatic carbocycles. The summed E-state index contributed by atoms with van der Waals surface area (Å²) in [4.78, 5) is 15.5. The molecule has 15 heavy (non-hydrogen) atoms. The summed E-state index contributed by atoms with van der Waals surface area (Å²) < 4.78 is 0. The molecule has 0 amide bonds. The van der Waals surface area contributed by atoms with E-state index in [4.69, 9.17) is 0 Å². The third kappa shape index (κ3) is 3.05. The molecule has 2 nitrogen and oxygen atoms in total. The van der Waals surface area contributed by atoms with Crippen molar-refractivity contribution >= 4 is 28.9 Å². The molecule has 0 bridgehead atoms. The van der Waals surface area contributed by atoms with E-state index >= 15 is 0 Å². The first-order valence-corrected chi connectivity index (χ1v) is 7.30. The molecule has 1 aliphatic heterocycles. The number of ketones is 1. The number of carbonyl (C=O) groups is 1. The highest BCUT2D eigenvalue weighted by Crippen LogP contribution is 2.32. The third-order valence-corrected chi connectivity index (χ3v) is 4.78. The molecule has 0 N–H and O–H groups in total. The SMILES string of the molecule is CC(=O)Cc1csc(C2CCCSC2)n1. The molecular weight excluding hydrogens is 226 g/mol. The van der Waals surface area contributed by atoms with Gasteiger partial charge in [-0.05, 0) is 25.5 Å². The fourth-order valence-electron chi connectivity index (χ4n) is 1.78. The van der Waals surface area contributed by atoms with E-state index in [9.17, 15) is 4.79 Å². The molecule has 0 aliphatic carbocycles. The summed E-state index contributed by atoms with van der Waals surface area (Å²) in [6.07, 6.45) is 3.06. The zero-order valence-corrected chi connectivity index (χ0v) is 10.5. The van der Waals surface area contributed by atoms with Crippen molar-refractivity contribution in [3.8, 4) is 0 Å². The van der Waals surface area contributed by atoms with Crippen LogP contribution in [0.15, 0.2) is 5.38 Å². The molecule has 2 rings (SSSR count). The Bertz CT molecular complexity index is 342. The summed E-state index contributed by atoms with van der Waals surface area (Å²) >= 11 is 3.74. The number of hydrogen-bond acceptors (Lipinski definition) is 4.